The Labute approximate surface area is 384 Å². The summed E-state index contributed by atoms with van der Waals surface area (Å²) in [6.45, 7) is 1.21. The largest absolute Gasteiger partial charge is 0.394 e. The van der Waals surface area contributed by atoms with Crippen molar-refractivity contribution in [1.82, 2.24) is 0 Å². The fraction of sp³-hybridized carbons (Fsp3) is 1.00. The van der Waals surface area contributed by atoms with E-state index in [-0.39, 0.29) is 334 Å². The second kappa shape index (κ2) is 39.1. The molecule has 15 heteroatoms. The standard InChI is InChI=1S/C7H14O5.10Y/c1-3-5(9)7(11)6(10)4(2-8)12-3;;;;;;;;;;/h3-11H,2H2,1H3;;;;;;;;;;/t3-,4?,5?,6-,7+;;;;;;;;;;/m0........../s1. The molecule has 4 N–H and O–H groups in total. The summed E-state index contributed by atoms with van der Waals surface area (Å²) in [5.74, 6) is 0. The Balaban J connectivity index is -0.0000000180. The van der Waals surface area contributed by atoms with Crippen LogP contribution >= 0.6 is 0 Å². The molecule has 0 aromatic carbocycles. The quantitative estimate of drug-likeness (QED) is 0.241. The zero-order valence-electron chi connectivity index (χ0n) is 12.6. The van der Waals surface area contributed by atoms with E-state index in [0.717, 1.165) is 0 Å². The molecule has 0 spiro atoms. The smallest absolute Gasteiger partial charge is 0.111 e. The van der Waals surface area contributed by atoms with Crippen LogP contribution in [0, 0.1) is 0 Å². The molecule has 1 saturated heterocycles. The number of hydrogen-bond acceptors (Lipinski definition) is 5. The Morgan fingerprint density at radius 3 is 1.23 bits per heavy atom. The zero-order chi connectivity index (χ0) is 9.30. The molecule has 1 aliphatic rings. The van der Waals surface area contributed by atoms with Crippen LogP contribution in [0.4, 0.5) is 0 Å². The zero-order valence-corrected chi connectivity index (χ0v) is 40.9. The van der Waals surface area contributed by atoms with Crippen LogP contribution in [-0.4, -0.2) is 57.6 Å². The normalized spacial score (nSPS) is 26.9. The van der Waals surface area contributed by atoms with Crippen molar-refractivity contribution in [3.8, 4) is 0 Å². The summed E-state index contributed by atoms with van der Waals surface area (Å²) >= 11 is 0. The minimum Gasteiger partial charge on any atom is -0.394 e. The van der Waals surface area contributed by atoms with Gasteiger partial charge >= 0.3 is 0 Å². The average molecular weight is 1070 g/mol. The molecule has 1 heterocycles. The molecule has 5 atom stereocenters. The van der Waals surface area contributed by atoms with E-state index in [0.29, 0.717) is 0 Å². The molecule has 0 bridgehead atoms. The third kappa shape index (κ3) is 25.5. The maximum atomic E-state index is 9.23. The number of aliphatic hydroxyl groups excluding tert-OH is 4. The van der Waals surface area contributed by atoms with E-state index in [4.69, 9.17) is 9.84 Å². The van der Waals surface area contributed by atoms with E-state index >= 15 is 0 Å². The van der Waals surface area contributed by atoms with Crippen molar-refractivity contribution in [2.75, 3.05) is 6.61 Å². The predicted molar refractivity (Wildman–Crippen MR) is 39.4 cm³/mol. The van der Waals surface area contributed by atoms with Gasteiger partial charge in [-0.2, -0.15) is 0 Å². The van der Waals surface area contributed by atoms with Gasteiger partial charge in [-0.05, 0) is 6.92 Å². The monoisotopic (exact) mass is 1070 g/mol. The first kappa shape index (κ1) is 63.8. The molecule has 5 nitrogen and oxygen atoms in total. The second-order valence-electron chi connectivity index (χ2n) is 3.03. The van der Waals surface area contributed by atoms with Crippen LogP contribution in [-0.2, 0) is 332 Å². The Morgan fingerprint density at radius 1 is 0.636 bits per heavy atom. The minimum atomic E-state index is -1.24. The minimum absolute atomic E-state index is 0. The van der Waals surface area contributed by atoms with Crippen molar-refractivity contribution >= 4 is 0 Å². The number of aliphatic hydroxyl groups is 4. The van der Waals surface area contributed by atoms with Gasteiger partial charge in [0, 0.05) is 327 Å². The van der Waals surface area contributed by atoms with Gasteiger partial charge in [-0.3, -0.25) is 0 Å². The number of ether oxygens (including phenoxy) is 1. The van der Waals surface area contributed by atoms with E-state index < -0.39 is 30.5 Å². The first-order chi connectivity index (χ1) is 5.57. The van der Waals surface area contributed by atoms with Crippen molar-refractivity contribution in [3.05, 3.63) is 0 Å². The van der Waals surface area contributed by atoms with Gasteiger partial charge in [0.2, 0.25) is 0 Å². The second-order valence-corrected chi connectivity index (χ2v) is 3.03. The SMILES string of the molecule is C[C@@H]1OC(CO)[C@H](O)[C@H](O)C1O.[Y].[Y].[Y].[Y].[Y].[Y].[Y].[Y].[Y].[Y]. The van der Waals surface area contributed by atoms with Gasteiger partial charge in [0.25, 0.3) is 0 Å². The molecule has 0 aromatic heterocycles. The van der Waals surface area contributed by atoms with E-state index in [9.17, 15) is 15.3 Å². The molecule has 0 aromatic rings. The van der Waals surface area contributed by atoms with Gasteiger partial charge < -0.3 is 25.2 Å². The molecular weight excluding hydrogens is 1050 g/mol. The van der Waals surface area contributed by atoms with E-state index in [2.05, 4.69) is 0 Å². The first-order valence-corrected chi connectivity index (χ1v) is 3.88. The van der Waals surface area contributed by atoms with Gasteiger partial charge in [-0.25, -0.2) is 0 Å². The summed E-state index contributed by atoms with van der Waals surface area (Å²) in [6, 6.07) is 0. The molecule has 1 rings (SSSR count). The van der Waals surface area contributed by atoms with Crippen LogP contribution in [0.25, 0.3) is 0 Å². The molecule has 1 aliphatic heterocycles. The van der Waals surface area contributed by atoms with Crippen LogP contribution in [0.3, 0.4) is 0 Å². The molecule has 10 radical (unpaired) electrons. The van der Waals surface area contributed by atoms with Gasteiger partial charge in [0.1, 0.15) is 24.4 Å². The number of hydrogen-bond donors (Lipinski definition) is 4. The Bertz CT molecular complexity index is 168. The Kier molecular flexibility index (Phi) is 113. The van der Waals surface area contributed by atoms with E-state index in [1.807, 2.05) is 0 Å². The maximum absolute atomic E-state index is 9.23. The molecule has 2 unspecified atom stereocenters. The first-order valence-electron chi connectivity index (χ1n) is 3.88. The van der Waals surface area contributed by atoms with Gasteiger partial charge in [-0.1, -0.05) is 0 Å². The summed E-state index contributed by atoms with van der Waals surface area (Å²) in [6.07, 6.45) is -4.94. The Morgan fingerprint density at radius 2 is 0.955 bits per heavy atom. The van der Waals surface area contributed by atoms with Crippen molar-refractivity contribution in [2.45, 2.75) is 37.4 Å². The van der Waals surface area contributed by atoms with Crippen LogP contribution in [0.2, 0.25) is 0 Å². The Hall–Kier alpha value is 10.8. The summed E-state index contributed by atoms with van der Waals surface area (Å²) < 4.78 is 5.02. The number of rotatable bonds is 1. The van der Waals surface area contributed by atoms with Crippen molar-refractivity contribution in [3.63, 3.8) is 0 Å². The van der Waals surface area contributed by atoms with Gasteiger partial charge in [-0.15, -0.1) is 0 Å². The van der Waals surface area contributed by atoms with Crippen molar-refractivity contribution in [1.29, 1.82) is 0 Å². The summed E-state index contributed by atoms with van der Waals surface area (Å²) in [4.78, 5) is 0. The van der Waals surface area contributed by atoms with Crippen molar-refractivity contribution < 1.29 is 352 Å². The molecule has 22 heavy (non-hydrogen) atoms. The topological polar surface area (TPSA) is 90.2 Å². The molecule has 1 fully saturated rings. The van der Waals surface area contributed by atoms with Crippen LogP contribution in [0.15, 0.2) is 0 Å². The predicted octanol–water partition coefficient (Wildman–Crippen LogP) is -2.18. The fourth-order valence-electron chi connectivity index (χ4n) is 1.29. The summed E-state index contributed by atoms with van der Waals surface area (Å²) in [7, 11) is 0. The fourth-order valence-corrected chi connectivity index (χ4v) is 1.29. The molecule has 0 amide bonds. The van der Waals surface area contributed by atoms with Crippen LogP contribution < -0.4 is 0 Å². The van der Waals surface area contributed by atoms with Gasteiger partial charge in [0.05, 0.1) is 12.7 Å². The van der Waals surface area contributed by atoms with Crippen molar-refractivity contribution in [2.24, 2.45) is 0 Å². The molecular formula is C7H14O5Y10. The third-order valence-corrected chi connectivity index (χ3v) is 2.13. The molecule has 0 saturated carbocycles. The van der Waals surface area contributed by atoms with Crippen LogP contribution in [0.1, 0.15) is 6.92 Å². The van der Waals surface area contributed by atoms with E-state index in [1.54, 1.807) is 6.92 Å². The average Bonchev–Trinajstić information content (AvgIpc) is 2.08. The summed E-state index contributed by atoms with van der Waals surface area (Å²) in [5.41, 5.74) is 0. The summed E-state index contributed by atoms with van der Waals surface area (Å²) in [5, 5.41) is 36.4. The van der Waals surface area contributed by atoms with Crippen LogP contribution in [0.5, 0.6) is 0 Å². The molecule has 0 aliphatic carbocycles. The van der Waals surface area contributed by atoms with E-state index in [1.165, 1.54) is 0 Å². The third-order valence-electron chi connectivity index (χ3n) is 2.13. The van der Waals surface area contributed by atoms with Gasteiger partial charge in [0.15, 0.2) is 0 Å². The maximum Gasteiger partial charge on any atom is 0.111 e. The molecule has 102 valence electrons.